The molecule has 0 aromatic rings. The quantitative estimate of drug-likeness (QED) is 0.505. The molecule has 0 atom stereocenters. The Morgan fingerprint density at radius 3 is 1.73 bits per heavy atom. The van der Waals surface area contributed by atoms with Gasteiger partial charge in [0.05, 0.1) is 6.67 Å². The van der Waals surface area contributed by atoms with E-state index in [-0.39, 0.29) is 19.9 Å². The molecule has 84 valence electrons. The van der Waals surface area contributed by atoms with Gasteiger partial charge < -0.3 is 20.1 Å². The standard InChI is InChI=1S/C9H14N2O4/c1-3-5-14-8(12)10-7-11-9(13)15-6-4-2/h3-4H,1-2,5-7H2,(H,10,12)(H,11,13). The van der Waals surface area contributed by atoms with Crippen molar-refractivity contribution in [1.29, 1.82) is 0 Å². The molecule has 0 aliphatic rings. The van der Waals surface area contributed by atoms with Crippen LogP contribution < -0.4 is 10.6 Å². The van der Waals surface area contributed by atoms with Crippen LogP contribution in [0, 0.1) is 0 Å². The maximum Gasteiger partial charge on any atom is 0.408 e. The summed E-state index contributed by atoms with van der Waals surface area (Å²) in [6.45, 7) is 6.91. The monoisotopic (exact) mass is 214 g/mol. The summed E-state index contributed by atoms with van der Waals surface area (Å²) in [5, 5.41) is 4.56. The van der Waals surface area contributed by atoms with Crippen LogP contribution in [-0.4, -0.2) is 32.1 Å². The molecule has 0 aromatic heterocycles. The number of amides is 2. The summed E-state index contributed by atoms with van der Waals surface area (Å²) in [5.41, 5.74) is 0. The average Bonchev–Trinajstić information content (AvgIpc) is 2.23. The Labute approximate surface area is 87.9 Å². The number of nitrogens with one attached hydrogen (secondary N) is 2. The molecule has 0 spiro atoms. The number of hydrogen-bond acceptors (Lipinski definition) is 4. The molecule has 0 radical (unpaired) electrons. The molecule has 0 bridgehead atoms. The highest BCUT2D eigenvalue weighted by molar-refractivity contribution is 5.70. The first-order valence-electron chi connectivity index (χ1n) is 4.23. The zero-order chi connectivity index (χ0) is 11.5. The van der Waals surface area contributed by atoms with Crippen molar-refractivity contribution < 1.29 is 19.1 Å². The molecule has 0 saturated carbocycles. The van der Waals surface area contributed by atoms with Crippen molar-refractivity contribution in [1.82, 2.24) is 10.6 Å². The Balaban J connectivity index is 3.43. The van der Waals surface area contributed by atoms with Crippen LogP contribution in [0.4, 0.5) is 9.59 Å². The topological polar surface area (TPSA) is 76.7 Å². The summed E-state index contributed by atoms with van der Waals surface area (Å²) in [6, 6.07) is 0. The van der Waals surface area contributed by atoms with E-state index in [1.54, 1.807) is 0 Å². The van der Waals surface area contributed by atoms with Gasteiger partial charge in [-0.3, -0.25) is 0 Å². The van der Waals surface area contributed by atoms with Crippen LogP contribution in [0.3, 0.4) is 0 Å². The second kappa shape index (κ2) is 8.61. The highest BCUT2D eigenvalue weighted by Crippen LogP contribution is 1.78. The molecule has 0 aliphatic heterocycles. The zero-order valence-corrected chi connectivity index (χ0v) is 8.32. The predicted molar refractivity (Wildman–Crippen MR) is 54.2 cm³/mol. The van der Waals surface area contributed by atoms with Gasteiger partial charge in [0, 0.05) is 0 Å². The SMILES string of the molecule is C=CCOC(=O)NCNC(=O)OCC=C. The summed E-state index contributed by atoms with van der Waals surface area (Å²) in [7, 11) is 0. The van der Waals surface area contributed by atoms with Crippen molar-refractivity contribution in [3.8, 4) is 0 Å². The lowest BCUT2D eigenvalue weighted by Gasteiger charge is -2.06. The fourth-order valence-corrected chi connectivity index (χ4v) is 0.560. The average molecular weight is 214 g/mol. The Morgan fingerprint density at radius 2 is 1.40 bits per heavy atom. The first-order valence-corrected chi connectivity index (χ1v) is 4.23. The van der Waals surface area contributed by atoms with E-state index in [4.69, 9.17) is 0 Å². The maximum absolute atomic E-state index is 10.8. The fourth-order valence-electron chi connectivity index (χ4n) is 0.560. The third-order valence-corrected chi connectivity index (χ3v) is 1.13. The minimum atomic E-state index is -0.640. The van der Waals surface area contributed by atoms with Gasteiger partial charge in [0.2, 0.25) is 0 Å². The summed E-state index contributed by atoms with van der Waals surface area (Å²) in [6.07, 6.45) is 1.59. The van der Waals surface area contributed by atoms with E-state index in [9.17, 15) is 9.59 Å². The highest BCUT2D eigenvalue weighted by atomic mass is 16.6. The van der Waals surface area contributed by atoms with Crippen molar-refractivity contribution in [3.05, 3.63) is 25.3 Å². The first-order chi connectivity index (χ1) is 7.20. The van der Waals surface area contributed by atoms with E-state index in [0.717, 1.165) is 0 Å². The summed E-state index contributed by atoms with van der Waals surface area (Å²) >= 11 is 0. The Morgan fingerprint density at radius 1 is 1.00 bits per heavy atom. The minimum absolute atomic E-state index is 0.0635. The largest absolute Gasteiger partial charge is 0.445 e. The number of carbonyl (C=O) groups excluding carboxylic acids is 2. The van der Waals surface area contributed by atoms with Crippen LogP contribution in [0.15, 0.2) is 25.3 Å². The lowest BCUT2D eigenvalue weighted by atomic mass is 10.7. The summed E-state index contributed by atoms with van der Waals surface area (Å²) < 4.78 is 9.16. The summed E-state index contributed by atoms with van der Waals surface area (Å²) in [4.78, 5) is 21.6. The van der Waals surface area contributed by atoms with Crippen LogP contribution >= 0.6 is 0 Å². The molecule has 0 rings (SSSR count). The van der Waals surface area contributed by atoms with Crippen molar-refractivity contribution in [2.24, 2.45) is 0 Å². The van der Waals surface area contributed by atoms with Gasteiger partial charge in [-0.1, -0.05) is 25.3 Å². The first kappa shape index (κ1) is 13.0. The molecule has 2 amide bonds. The van der Waals surface area contributed by atoms with E-state index in [1.165, 1.54) is 12.2 Å². The second-order valence-electron chi connectivity index (χ2n) is 2.30. The van der Waals surface area contributed by atoms with Gasteiger partial charge in [-0.15, -0.1) is 0 Å². The van der Waals surface area contributed by atoms with E-state index in [1.807, 2.05) is 0 Å². The highest BCUT2D eigenvalue weighted by Gasteiger charge is 2.02. The third kappa shape index (κ3) is 8.35. The van der Waals surface area contributed by atoms with Crippen LogP contribution in [0.25, 0.3) is 0 Å². The fraction of sp³-hybridized carbons (Fsp3) is 0.333. The Hall–Kier alpha value is -1.98. The number of hydrogen-bond donors (Lipinski definition) is 2. The normalized spacial score (nSPS) is 8.53. The molecule has 0 heterocycles. The smallest absolute Gasteiger partial charge is 0.408 e. The zero-order valence-electron chi connectivity index (χ0n) is 8.32. The van der Waals surface area contributed by atoms with E-state index < -0.39 is 12.2 Å². The number of alkyl carbamates (subject to hydrolysis) is 2. The molecule has 0 aliphatic carbocycles. The number of rotatable bonds is 6. The van der Waals surface area contributed by atoms with Crippen molar-refractivity contribution in [3.63, 3.8) is 0 Å². The van der Waals surface area contributed by atoms with Gasteiger partial charge >= 0.3 is 12.2 Å². The molecule has 0 aromatic carbocycles. The van der Waals surface area contributed by atoms with Gasteiger partial charge in [-0.25, -0.2) is 9.59 Å². The molecule has 0 fully saturated rings. The number of carbonyl (C=O) groups is 2. The molecular weight excluding hydrogens is 200 g/mol. The second-order valence-corrected chi connectivity index (χ2v) is 2.30. The maximum atomic E-state index is 10.8. The van der Waals surface area contributed by atoms with Gasteiger partial charge in [0.15, 0.2) is 0 Å². The van der Waals surface area contributed by atoms with Gasteiger partial charge in [0.1, 0.15) is 13.2 Å². The lowest BCUT2D eigenvalue weighted by Crippen LogP contribution is -2.37. The van der Waals surface area contributed by atoms with Crippen LogP contribution in [0.1, 0.15) is 0 Å². The molecule has 0 unspecified atom stereocenters. The van der Waals surface area contributed by atoms with Crippen LogP contribution in [0.2, 0.25) is 0 Å². The van der Waals surface area contributed by atoms with Crippen LogP contribution in [0.5, 0.6) is 0 Å². The molecular formula is C9H14N2O4. The van der Waals surface area contributed by atoms with Gasteiger partial charge in [-0.05, 0) is 0 Å². The Kier molecular flexibility index (Phi) is 7.47. The molecule has 0 saturated heterocycles. The van der Waals surface area contributed by atoms with Crippen molar-refractivity contribution in [2.75, 3.05) is 19.9 Å². The van der Waals surface area contributed by atoms with E-state index in [0.29, 0.717) is 0 Å². The van der Waals surface area contributed by atoms with E-state index in [2.05, 4.69) is 33.3 Å². The third-order valence-electron chi connectivity index (χ3n) is 1.13. The molecule has 6 nitrogen and oxygen atoms in total. The molecule has 15 heavy (non-hydrogen) atoms. The lowest BCUT2D eigenvalue weighted by molar-refractivity contribution is 0.149. The minimum Gasteiger partial charge on any atom is -0.445 e. The van der Waals surface area contributed by atoms with Gasteiger partial charge in [0.25, 0.3) is 0 Å². The Bertz CT molecular complexity index is 216. The molecule has 2 N–H and O–H groups in total. The number of ether oxygens (including phenoxy) is 2. The summed E-state index contributed by atoms with van der Waals surface area (Å²) in [5.74, 6) is 0. The van der Waals surface area contributed by atoms with Gasteiger partial charge in [-0.2, -0.15) is 0 Å². The van der Waals surface area contributed by atoms with E-state index >= 15 is 0 Å². The van der Waals surface area contributed by atoms with Crippen molar-refractivity contribution >= 4 is 12.2 Å². The predicted octanol–water partition coefficient (Wildman–Crippen LogP) is 0.768. The molecule has 6 heteroatoms. The van der Waals surface area contributed by atoms with Crippen molar-refractivity contribution in [2.45, 2.75) is 0 Å². The van der Waals surface area contributed by atoms with Crippen LogP contribution in [-0.2, 0) is 9.47 Å².